The summed E-state index contributed by atoms with van der Waals surface area (Å²) in [4.78, 5) is 26.3. The molecule has 3 rings (SSSR count). The number of anilines is 1. The van der Waals surface area contributed by atoms with Crippen molar-refractivity contribution in [3.8, 4) is 11.4 Å². The molecule has 3 aromatic rings. The Hall–Kier alpha value is -2.73. The van der Waals surface area contributed by atoms with E-state index < -0.39 is 0 Å². The number of nitrogens with one attached hydrogen (secondary N) is 1. The van der Waals surface area contributed by atoms with Crippen molar-refractivity contribution in [1.29, 1.82) is 0 Å². The maximum atomic E-state index is 13.0. The number of aromatic nitrogens is 3. The van der Waals surface area contributed by atoms with E-state index in [1.807, 2.05) is 18.4 Å². The molecule has 28 heavy (non-hydrogen) atoms. The van der Waals surface area contributed by atoms with Crippen LogP contribution in [0, 0.1) is 0 Å². The van der Waals surface area contributed by atoms with Crippen LogP contribution in [0.5, 0.6) is 0 Å². The van der Waals surface area contributed by atoms with Crippen molar-refractivity contribution in [3.05, 3.63) is 65.5 Å². The maximum Gasteiger partial charge on any atom is 0.169 e. The van der Waals surface area contributed by atoms with Crippen LogP contribution in [0.25, 0.3) is 11.4 Å². The van der Waals surface area contributed by atoms with Gasteiger partial charge in [0.2, 0.25) is 0 Å². The van der Waals surface area contributed by atoms with Crippen molar-refractivity contribution < 1.29 is 4.79 Å². The highest BCUT2D eigenvalue weighted by atomic mass is 32.2. The zero-order valence-electron chi connectivity index (χ0n) is 16.4. The van der Waals surface area contributed by atoms with Gasteiger partial charge in [0.05, 0.1) is 5.56 Å². The molecule has 0 saturated heterocycles. The van der Waals surface area contributed by atoms with E-state index in [1.165, 1.54) is 17.3 Å². The number of pyridine rings is 1. The monoisotopic (exact) mass is 392 g/mol. The number of hydrogen-bond donors (Lipinski definition) is 1. The Bertz CT molecular complexity index is 918. The Morgan fingerprint density at radius 2 is 1.86 bits per heavy atom. The highest BCUT2D eigenvalue weighted by molar-refractivity contribution is 7.98. The molecule has 2 heterocycles. The number of nitrogens with zero attached hydrogens (tertiary/aromatic N) is 3. The molecule has 0 amide bonds. The first-order valence-electron chi connectivity index (χ1n) is 9.31. The van der Waals surface area contributed by atoms with Crippen molar-refractivity contribution in [1.82, 2.24) is 15.0 Å². The average Bonchev–Trinajstić information content (AvgIpc) is 2.77. The summed E-state index contributed by atoms with van der Waals surface area (Å²) in [5.41, 5.74) is 3.85. The molecule has 1 N–H and O–H groups in total. The summed E-state index contributed by atoms with van der Waals surface area (Å²) < 4.78 is 0. The van der Waals surface area contributed by atoms with Crippen LogP contribution in [0.2, 0.25) is 0 Å². The number of Topliss-reactive ketones (excluding diaryl/α,β-unsaturated/α-hetero) is 1. The lowest BCUT2D eigenvalue weighted by atomic mass is 10.0. The molecule has 5 nitrogen and oxygen atoms in total. The lowest BCUT2D eigenvalue weighted by molar-refractivity contribution is 0.0980. The molecule has 0 aliphatic rings. The molecular weight excluding hydrogens is 368 g/mol. The van der Waals surface area contributed by atoms with E-state index in [-0.39, 0.29) is 5.78 Å². The number of rotatable bonds is 8. The highest BCUT2D eigenvalue weighted by Gasteiger charge is 2.20. The number of aryl methyl sites for hydroxylation is 2. The molecule has 0 radical (unpaired) electrons. The van der Waals surface area contributed by atoms with E-state index in [0.29, 0.717) is 35.1 Å². The van der Waals surface area contributed by atoms with Gasteiger partial charge in [-0.1, -0.05) is 31.2 Å². The van der Waals surface area contributed by atoms with Gasteiger partial charge < -0.3 is 5.32 Å². The van der Waals surface area contributed by atoms with Gasteiger partial charge in [0.15, 0.2) is 11.6 Å². The zero-order chi connectivity index (χ0) is 19.9. The number of benzene rings is 1. The number of carbonyl (C=O) groups excluding carboxylic acids is 1. The average molecular weight is 393 g/mol. The lowest BCUT2D eigenvalue weighted by Gasteiger charge is -2.13. The van der Waals surface area contributed by atoms with Gasteiger partial charge in [-0.05, 0) is 42.4 Å². The SMILES string of the molecule is CCc1ccc(CCC(=O)c2c(NC)nc(-c3cccnc3)nc2SC)cc1. The van der Waals surface area contributed by atoms with Gasteiger partial charge in [-0.25, -0.2) is 9.97 Å². The fourth-order valence-corrected chi connectivity index (χ4v) is 3.56. The summed E-state index contributed by atoms with van der Waals surface area (Å²) in [6, 6.07) is 12.2. The fraction of sp³-hybridized carbons (Fsp3) is 0.273. The highest BCUT2D eigenvalue weighted by Crippen LogP contribution is 2.29. The summed E-state index contributed by atoms with van der Waals surface area (Å²) >= 11 is 1.46. The third-order valence-electron chi connectivity index (χ3n) is 4.58. The first-order chi connectivity index (χ1) is 13.7. The number of ketones is 1. The Morgan fingerprint density at radius 3 is 2.46 bits per heavy atom. The van der Waals surface area contributed by atoms with Crippen LogP contribution in [0.3, 0.4) is 0 Å². The van der Waals surface area contributed by atoms with Gasteiger partial charge in [0.1, 0.15) is 10.8 Å². The fourth-order valence-electron chi connectivity index (χ4n) is 2.97. The molecule has 2 aromatic heterocycles. The number of carbonyl (C=O) groups is 1. The minimum Gasteiger partial charge on any atom is -0.372 e. The molecule has 0 aliphatic carbocycles. The van der Waals surface area contributed by atoms with E-state index in [0.717, 1.165) is 17.5 Å². The number of thioether (sulfide) groups is 1. The minimum atomic E-state index is 0.0472. The molecular formula is C22H24N4OS. The van der Waals surface area contributed by atoms with Crippen LogP contribution >= 0.6 is 11.8 Å². The van der Waals surface area contributed by atoms with Gasteiger partial charge in [0.25, 0.3) is 0 Å². The number of hydrogen-bond acceptors (Lipinski definition) is 6. The molecule has 0 unspecified atom stereocenters. The molecule has 0 saturated carbocycles. The summed E-state index contributed by atoms with van der Waals surface area (Å²) in [7, 11) is 1.78. The van der Waals surface area contributed by atoms with E-state index in [2.05, 4.69) is 51.5 Å². The second kappa shape index (κ2) is 9.46. The molecule has 0 atom stereocenters. The molecule has 0 spiro atoms. The normalized spacial score (nSPS) is 10.7. The Morgan fingerprint density at radius 1 is 1.11 bits per heavy atom. The lowest BCUT2D eigenvalue weighted by Crippen LogP contribution is -2.11. The van der Waals surface area contributed by atoms with E-state index in [4.69, 9.17) is 0 Å². The van der Waals surface area contributed by atoms with Gasteiger partial charge in [-0.3, -0.25) is 9.78 Å². The topological polar surface area (TPSA) is 67.8 Å². The quantitative estimate of drug-likeness (QED) is 0.341. The van der Waals surface area contributed by atoms with Crippen LogP contribution in [0.4, 0.5) is 5.82 Å². The third kappa shape index (κ3) is 4.57. The molecule has 0 fully saturated rings. The smallest absolute Gasteiger partial charge is 0.169 e. The van der Waals surface area contributed by atoms with Crippen LogP contribution in [0.15, 0.2) is 53.8 Å². The first kappa shape index (κ1) is 20.0. The summed E-state index contributed by atoms with van der Waals surface area (Å²) in [5, 5.41) is 3.75. The molecule has 1 aromatic carbocycles. The Labute approximate surface area is 170 Å². The molecule has 144 valence electrons. The van der Waals surface area contributed by atoms with E-state index >= 15 is 0 Å². The second-order valence-corrected chi connectivity index (χ2v) is 7.16. The zero-order valence-corrected chi connectivity index (χ0v) is 17.2. The molecule has 0 bridgehead atoms. The van der Waals surface area contributed by atoms with E-state index in [1.54, 1.807) is 19.4 Å². The van der Waals surface area contributed by atoms with Crippen LogP contribution in [-0.2, 0) is 12.8 Å². The van der Waals surface area contributed by atoms with Gasteiger partial charge in [-0.2, -0.15) is 0 Å². The summed E-state index contributed by atoms with van der Waals surface area (Å²) in [5.74, 6) is 1.17. The van der Waals surface area contributed by atoms with Gasteiger partial charge >= 0.3 is 0 Å². The van der Waals surface area contributed by atoms with E-state index in [9.17, 15) is 4.79 Å². The summed E-state index contributed by atoms with van der Waals surface area (Å²) in [6.45, 7) is 2.14. The van der Waals surface area contributed by atoms with Crippen molar-refractivity contribution in [2.24, 2.45) is 0 Å². The van der Waals surface area contributed by atoms with Crippen molar-refractivity contribution in [3.63, 3.8) is 0 Å². The van der Waals surface area contributed by atoms with Gasteiger partial charge in [0, 0.05) is 31.4 Å². The van der Waals surface area contributed by atoms with Gasteiger partial charge in [-0.15, -0.1) is 11.8 Å². The predicted molar refractivity (Wildman–Crippen MR) is 115 cm³/mol. The molecule has 6 heteroatoms. The standard InChI is InChI=1S/C22H24N4OS/c1-4-15-7-9-16(10-8-15)11-12-18(27)19-21(23-2)25-20(26-22(19)28-3)17-6-5-13-24-14-17/h5-10,13-14H,4,11-12H2,1-3H3,(H,23,25,26). The first-order valence-corrected chi connectivity index (χ1v) is 10.5. The third-order valence-corrected chi connectivity index (χ3v) is 5.26. The largest absolute Gasteiger partial charge is 0.372 e. The predicted octanol–water partition coefficient (Wildman–Crippen LogP) is 4.68. The van der Waals surface area contributed by atoms with Crippen molar-refractivity contribution >= 4 is 23.4 Å². The van der Waals surface area contributed by atoms with Crippen LogP contribution in [0.1, 0.15) is 34.8 Å². The van der Waals surface area contributed by atoms with Crippen molar-refractivity contribution in [2.75, 3.05) is 18.6 Å². The van der Waals surface area contributed by atoms with Crippen LogP contribution < -0.4 is 5.32 Å². The Balaban J connectivity index is 1.85. The van der Waals surface area contributed by atoms with Crippen molar-refractivity contribution in [2.45, 2.75) is 31.2 Å². The minimum absolute atomic E-state index is 0.0472. The Kier molecular flexibility index (Phi) is 6.76. The molecule has 0 aliphatic heterocycles. The maximum absolute atomic E-state index is 13.0. The second-order valence-electron chi connectivity index (χ2n) is 6.37. The summed E-state index contributed by atoms with van der Waals surface area (Å²) in [6.07, 6.45) is 7.49. The van der Waals surface area contributed by atoms with Crippen LogP contribution in [-0.4, -0.2) is 34.0 Å².